The number of thiophene rings is 1. The van der Waals surface area contributed by atoms with Crippen LogP contribution < -0.4 is 9.47 Å². The summed E-state index contributed by atoms with van der Waals surface area (Å²) in [5.74, 6) is -1.20. The second-order valence-electron chi connectivity index (χ2n) is 13.6. The molecule has 0 radical (unpaired) electrons. The summed E-state index contributed by atoms with van der Waals surface area (Å²) < 4.78 is 102. The number of halogens is 6. The molecule has 2 aliphatic rings. The molecule has 0 N–H and O–H groups in total. The summed E-state index contributed by atoms with van der Waals surface area (Å²) in [6.45, 7) is 3.83. The molecule has 2 aliphatic heterocycles. The van der Waals surface area contributed by atoms with Crippen molar-refractivity contribution in [2.24, 2.45) is 0 Å². The lowest BCUT2D eigenvalue weighted by Gasteiger charge is -2.51. The number of likely N-dealkylation sites (tertiary alicyclic amines) is 2. The second-order valence-corrected chi connectivity index (χ2v) is 14.5. The summed E-state index contributed by atoms with van der Waals surface area (Å²) in [5.41, 5.74) is -3.96. The Morgan fingerprint density at radius 2 is 1.72 bits per heavy atom. The molecule has 2 atom stereocenters. The van der Waals surface area contributed by atoms with Crippen molar-refractivity contribution >= 4 is 28.9 Å². The summed E-state index contributed by atoms with van der Waals surface area (Å²) in [4.78, 5) is 46.0. The Labute approximate surface area is 313 Å². The molecule has 0 aliphatic carbocycles. The molecule has 2 amide bonds. The second kappa shape index (κ2) is 16.7. The van der Waals surface area contributed by atoms with Crippen molar-refractivity contribution in [2.75, 3.05) is 33.4 Å². The Kier molecular flexibility index (Phi) is 12.7. The fourth-order valence-electron chi connectivity index (χ4n) is 7.50. The van der Waals surface area contributed by atoms with Gasteiger partial charge in [0.1, 0.15) is 22.2 Å². The van der Waals surface area contributed by atoms with Crippen LogP contribution in [0, 0.1) is 0 Å². The number of methoxy groups -OCH3 is 1. The highest BCUT2D eigenvalue weighted by Crippen LogP contribution is 2.45. The van der Waals surface area contributed by atoms with Crippen LogP contribution >= 0.6 is 11.3 Å². The van der Waals surface area contributed by atoms with E-state index >= 15 is 0 Å². The lowest BCUT2D eigenvalue weighted by molar-refractivity contribution is -0.164. The SMILES string of the molecule is CCC[C@H]1N(C(=O)c2cnccc2C(F)(F)F)CCC[C@@]1(Oc1csc(C(F)(F)F)c1)C(=O)N1CCC(OC)(c2ccccc2OCCCC(C)=O)CC1. The zero-order valence-corrected chi connectivity index (χ0v) is 31.0. The molecule has 0 unspecified atom stereocenters. The number of ether oxygens (including phenoxy) is 3. The van der Waals surface area contributed by atoms with E-state index in [1.165, 1.54) is 16.7 Å². The summed E-state index contributed by atoms with van der Waals surface area (Å²) in [6, 6.07) is 7.69. The number of aromatic nitrogens is 1. The van der Waals surface area contributed by atoms with E-state index in [4.69, 9.17) is 14.2 Å². The van der Waals surface area contributed by atoms with E-state index in [-0.39, 0.29) is 50.4 Å². The Balaban J connectivity index is 1.49. The van der Waals surface area contributed by atoms with Crippen LogP contribution in [-0.4, -0.2) is 77.4 Å². The summed E-state index contributed by atoms with van der Waals surface area (Å²) >= 11 is 0.390. The van der Waals surface area contributed by atoms with Crippen LogP contribution in [0.5, 0.6) is 11.5 Å². The third kappa shape index (κ3) is 8.69. The third-order valence-corrected chi connectivity index (χ3v) is 11.1. The maximum atomic E-state index is 15.0. The molecule has 16 heteroatoms. The van der Waals surface area contributed by atoms with Gasteiger partial charge in [0, 0.05) is 69.0 Å². The van der Waals surface area contributed by atoms with E-state index in [2.05, 4.69) is 4.98 Å². The van der Waals surface area contributed by atoms with Crippen LogP contribution in [0.25, 0.3) is 0 Å². The number of amides is 2. The summed E-state index contributed by atoms with van der Waals surface area (Å²) in [6.07, 6.45) is -5.70. The molecule has 0 bridgehead atoms. The first-order valence-electron chi connectivity index (χ1n) is 17.8. The molecular weight excluding hydrogens is 740 g/mol. The molecule has 0 saturated carbocycles. The monoisotopic (exact) mass is 783 g/mol. The number of alkyl halides is 6. The van der Waals surface area contributed by atoms with Crippen LogP contribution in [0.2, 0.25) is 0 Å². The summed E-state index contributed by atoms with van der Waals surface area (Å²) in [5, 5.41) is 1.14. The largest absolute Gasteiger partial charge is 0.493 e. The smallest absolute Gasteiger partial charge is 0.425 e. The topological polar surface area (TPSA) is 98.3 Å². The standard InChI is InChI=1S/C38H43F6N3O6S/c1-4-9-31-36(53-26-22-32(54-24-26)38(42,43)44,14-8-18-47(31)33(49)27-23-45-17-13-28(27)37(39,40)41)34(50)46-19-15-35(51-3,16-20-46)29-11-5-6-12-30(29)52-21-7-10-25(2)48/h5-6,11-13,17,22-24,31H,4,7-10,14-16,18-21H2,1-3H3/t31-,36+/m1/s1. The highest BCUT2D eigenvalue weighted by atomic mass is 32.1. The molecule has 9 nitrogen and oxygen atoms in total. The van der Waals surface area contributed by atoms with Gasteiger partial charge in [-0.3, -0.25) is 14.6 Å². The number of ketones is 1. The van der Waals surface area contributed by atoms with Crippen LogP contribution in [0.3, 0.4) is 0 Å². The number of nitrogens with zero attached hydrogens (tertiary/aromatic N) is 3. The zero-order valence-electron chi connectivity index (χ0n) is 30.2. The van der Waals surface area contributed by atoms with Gasteiger partial charge in [-0.25, -0.2) is 0 Å². The number of hydrogen-bond acceptors (Lipinski definition) is 8. The van der Waals surface area contributed by atoms with Gasteiger partial charge in [-0.05, 0) is 51.2 Å². The van der Waals surface area contributed by atoms with Gasteiger partial charge in [-0.2, -0.15) is 26.3 Å². The molecule has 2 saturated heterocycles. The average molecular weight is 784 g/mol. The third-order valence-electron chi connectivity index (χ3n) is 10.1. The number of piperidine rings is 2. The molecule has 294 valence electrons. The van der Waals surface area contributed by atoms with Crippen molar-refractivity contribution in [3.8, 4) is 11.5 Å². The van der Waals surface area contributed by atoms with Gasteiger partial charge >= 0.3 is 12.4 Å². The predicted octanol–water partition coefficient (Wildman–Crippen LogP) is 8.32. The highest BCUT2D eigenvalue weighted by molar-refractivity contribution is 7.10. The van der Waals surface area contributed by atoms with Crippen molar-refractivity contribution in [1.82, 2.24) is 14.8 Å². The van der Waals surface area contributed by atoms with Crippen LogP contribution in [0.15, 0.2) is 54.2 Å². The fourth-order valence-corrected chi connectivity index (χ4v) is 8.17. The molecular formula is C38H43F6N3O6S. The molecule has 0 spiro atoms. The van der Waals surface area contributed by atoms with E-state index < -0.39 is 57.4 Å². The predicted molar refractivity (Wildman–Crippen MR) is 187 cm³/mol. The van der Waals surface area contributed by atoms with Gasteiger partial charge in [0.25, 0.3) is 11.8 Å². The van der Waals surface area contributed by atoms with Crippen molar-refractivity contribution in [3.05, 3.63) is 75.7 Å². The molecule has 4 heterocycles. The number of carbonyl (C=O) groups is 3. The van der Waals surface area contributed by atoms with Crippen molar-refractivity contribution in [3.63, 3.8) is 0 Å². The summed E-state index contributed by atoms with van der Waals surface area (Å²) in [7, 11) is 1.55. The van der Waals surface area contributed by atoms with Crippen molar-refractivity contribution < 1.29 is 54.9 Å². The molecule has 5 rings (SSSR count). The normalized spacial score (nSPS) is 20.4. The number of rotatable bonds is 13. The number of para-hydroxylation sites is 1. The van der Waals surface area contributed by atoms with E-state index in [0.717, 1.165) is 29.4 Å². The van der Waals surface area contributed by atoms with E-state index in [1.807, 2.05) is 18.2 Å². The minimum Gasteiger partial charge on any atom is -0.493 e. The lowest BCUT2D eigenvalue weighted by atomic mass is 9.78. The fraction of sp³-hybridized carbons (Fsp3) is 0.526. The first kappa shape index (κ1) is 41.0. The number of carbonyl (C=O) groups excluding carboxylic acids is 3. The van der Waals surface area contributed by atoms with Crippen molar-refractivity contribution in [1.29, 1.82) is 0 Å². The minimum atomic E-state index is -4.88. The Morgan fingerprint density at radius 1 is 1.00 bits per heavy atom. The molecule has 1 aromatic carbocycles. The first-order chi connectivity index (χ1) is 25.6. The van der Waals surface area contributed by atoms with Crippen LogP contribution in [-0.2, 0) is 32.3 Å². The van der Waals surface area contributed by atoms with Gasteiger partial charge in [-0.1, -0.05) is 31.5 Å². The molecule has 54 heavy (non-hydrogen) atoms. The van der Waals surface area contributed by atoms with Crippen LogP contribution in [0.1, 0.15) is 91.6 Å². The van der Waals surface area contributed by atoms with Crippen molar-refractivity contribution in [2.45, 2.75) is 94.8 Å². The highest BCUT2D eigenvalue weighted by Gasteiger charge is 2.57. The van der Waals surface area contributed by atoms with Gasteiger partial charge in [0.15, 0.2) is 0 Å². The van der Waals surface area contributed by atoms with Gasteiger partial charge < -0.3 is 28.8 Å². The van der Waals surface area contributed by atoms with E-state index in [1.54, 1.807) is 20.1 Å². The van der Waals surface area contributed by atoms with Crippen LogP contribution in [0.4, 0.5) is 26.3 Å². The number of benzene rings is 1. The molecule has 2 aromatic heterocycles. The van der Waals surface area contributed by atoms with E-state index in [0.29, 0.717) is 61.9 Å². The van der Waals surface area contributed by atoms with Gasteiger partial charge in [0.2, 0.25) is 5.60 Å². The Bertz CT molecular complexity index is 1790. The lowest BCUT2D eigenvalue weighted by Crippen LogP contribution is -2.68. The Morgan fingerprint density at radius 3 is 2.35 bits per heavy atom. The quantitative estimate of drug-likeness (QED) is 0.127. The average Bonchev–Trinajstić information content (AvgIpc) is 3.63. The zero-order chi connectivity index (χ0) is 39.3. The Hall–Kier alpha value is -4.18. The van der Waals surface area contributed by atoms with E-state index in [9.17, 15) is 40.7 Å². The van der Waals surface area contributed by atoms with Gasteiger partial charge in [0.05, 0.1) is 29.4 Å². The molecule has 3 aromatic rings. The maximum Gasteiger partial charge on any atom is 0.425 e. The first-order valence-corrected chi connectivity index (χ1v) is 18.7. The van der Waals surface area contributed by atoms with Gasteiger partial charge in [-0.15, -0.1) is 11.3 Å². The maximum absolute atomic E-state index is 15.0. The minimum absolute atomic E-state index is 0.000494. The molecule has 2 fully saturated rings. The number of pyridine rings is 1. The number of Topliss-reactive ketones (excluding diaryl/α,β-unsaturated/α-hetero) is 1. The number of hydrogen-bond donors (Lipinski definition) is 0.